The largest absolute Gasteiger partial charge is 0.458 e. The van der Waals surface area contributed by atoms with Crippen LogP contribution in [-0.2, 0) is 11.3 Å². The first kappa shape index (κ1) is 20.0. The highest BCUT2D eigenvalue weighted by Crippen LogP contribution is 2.26. The van der Waals surface area contributed by atoms with E-state index in [0.717, 1.165) is 18.7 Å². The lowest BCUT2D eigenvalue weighted by Gasteiger charge is -2.01. The number of nitrogens with zero attached hydrogens (tertiary/aromatic N) is 2. The van der Waals surface area contributed by atoms with Crippen molar-refractivity contribution in [2.45, 2.75) is 52.5 Å². The van der Waals surface area contributed by atoms with Gasteiger partial charge in [-0.05, 0) is 18.6 Å². The van der Waals surface area contributed by atoms with Crippen LogP contribution in [0.3, 0.4) is 0 Å². The molecule has 0 spiro atoms. The normalized spacial score (nSPS) is 11.5. The number of nitrogens with two attached hydrogens (primary N) is 1. The monoisotopic (exact) mass is 377 g/mol. The summed E-state index contributed by atoms with van der Waals surface area (Å²) in [6.07, 6.45) is 6.00. The molecule has 0 radical (unpaired) electrons. The summed E-state index contributed by atoms with van der Waals surface area (Å²) in [6, 6.07) is 3.66. The predicted octanol–water partition coefficient (Wildman–Crippen LogP) is 3.74. The fourth-order valence-corrected chi connectivity index (χ4v) is 3.04. The highest BCUT2D eigenvalue weighted by molar-refractivity contribution is 7.14. The number of amides is 1. The van der Waals surface area contributed by atoms with Crippen LogP contribution in [0, 0.1) is 0 Å². The number of hydrogen-bond donors (Lipinski definition) is 3. The molecule has 0 bridgehead atoms. The molecule has 0 aromatic carbocycles. The van der Waals surface area contributed by atoms with Gasteiger partial charge in [0.05, 0.1) is 6.54 Å². The number of furan rings is 1. The van der Waals surface area contributed by atoms with Crippen LogP contribution >= 0.6 is 11.3 Å². The van der Waals surface area contributed by atoms with E-state index in [1.165, 1.54) is 43.9 Å². The molecular weight excluding hydrogens is 350 g/mol. The quantitative estimate of drug-likeness (QED) is 0.332. The van der Waals surface area contributed by atoms with Crippen LogP contribution in [0.2, 0.25) is 0 Å². The number of aromatic nitrogens is 1. The first-order valence-electron chi connectivity index (χ1n) is 8.94. The standard InChI is InChI=1S/C18H27N5O2S/c1-3-4-5-6-7-10-20-17(19)23-18-22-15(12-26-18)16-9-8-14(25-16)11-21-13(2)24/h8-9,12H,3-7,10-11H2,1-2H3,(H,21,24)(H3,19,20,22,23). The molecule has 1 amide bonds. The molecule has 0 saturated heterocycles. The van der Waals surface area contributed by atoms with Gasteiger partial charge in [-0.25, -0.2) is 4.98 Å². The average Bonchev–Trinajstić information content (AvgIpc) is 3.25. The number of aliphatic imine (C=N–C) groups is 1. The lowest BCUT2D eigenvalue weighted by atomic mass is 10.2. The zero-order chi connectivity index (χ0) is 18.8. The zero-order valence-corrected chi connectivity index (χ0v) is 16.2. The highest BCUT2D eigenvalue weighted by Gasteiger charge is 2.10. The molecule has 8 heteroatoms. The fraction of sp³-hybridized carbons (Fsp3) is 0.500. The number of unbranched alkanes of at least 4 members (excludes halogenated alkanes) is 4. The van der Waals surface area contributed by atoms with E-state index in [1.807, 2.05) is 17.5 Å². The van der Waals surface area contributed by atoms with Gasteiger partial charge in [0, 0.05) is 18.8 Å². The molecule has 2 heterocycles. The van der Waals surface area contributed by atoms with E-state index >= 15 is 0 Å². The van der Waals surface area contributed by atoms with Crippen LogP contribution in [0.5, 0.6) is 0 Å². The molecule has 0 aliphatic carbocycles. The Morgan fingerprint density at radius 1 is 1.31 bits per heavy atom. The number of nitrogens with one attached hydrogen (secondary N) is 2. The van der Waals surface area contributed by atoms with Crippen LogP contribution in [0.25, 0.3) is 11.5 Å². The van der Waals surface area contributed by atoms with Crippen molar-refractivity contribution in [2.24, 2.45) is 10.7 Å². The summed E-state index contributed by atoms with van der Waals surface area (Å²) in [7, 11) is 0. The number of guanidine groups is 1. The zero-order valence-electron chi connectivity index (χ0n) is 15.4. The van der Waals surface area contributed by atoms with Gasteiger partial charge >= 0.3 is 0 Å². The van der Waals surface area contributed by atoms with E-state index in [4.69, 9.17) is 10.2 Å². The van der Waals surface area contributed by atoms with E-state index in [-0.39, 0.29) is 5.91 Å². The summed E-state index contributed by atoms with van der Waals surface area (Å²) in [5.74, 6) is 1.62. The number of rotatable bonds is 10. The van der Waals surface area contributed by atoms with Gasteiger partial charge in [-0.2, -0.15) is 0 Å². The molecule has 2 rings (SSSR count). The molecule has 142 valence electrons. The molecule has 0 aliphatic heterocycles. The number of hydrogen-bond acceptors (Lipinski definition) is 5. The number of carbonyl (C=O) groups excluding carboxylic acids is 1. The third-order valence-electron chi connectivity index (χ3n) is 3.71. The van der Waals surface area contributed by atoms with Crippen molar-refractivity contribution in [2.75, 3.05) is 11.9 Å². The Kier molecular flexibility index (Phi) is 8.14. The minimum atomic E-state index is -0.0942. The Balaban J connectivity index is 1.82. The van der Waals surface area contributed by atoms with Crippen molar-refractivity contribution < 1.29 is 9.21 Å². The van der Waals surface area contributed by atoms with E-state index in [1.54, 1.807) is 0 Å². The summed E-state index contributed by atoms with van der Waals surface area (Å²) in [4.78, 5) is 19.7. The van der Waals surface area contributed by atoms with Gasteiger partial charge in [-0.15, -0.1) is 11.3 Å². The van der Waals surface area contributed by atoms with Crippen LogP contribution in [0.15, 0.2) is 26.9 Å². The molecule has 26 heavy (non-hydrogen) atoms. The van der Waals surface area contributed by atoms with Gasteiger partial charge in [0.2, 0.25) is 5.91 Å². The van der Waals surface area contributed by atoms with Gasteiger partial charge in [0.1, 0.15) is 11.5 Å². The van der Waals surface area contributed by atoms with E-state index in [0.29, 0.717) is 29.2 Å². The maximum Gasteiger partial charge on any atom is 0.217 e. The molecule has 4 N–H and O–H groups in total. The molecule has 0 unspecified atom stereocenters. The van der Waals surface area contributed by atoms with Crippen molar-refractivity contribution in [3.8, 4) is 11.5 Å². The maximum atomic E-state index is 10.9. The van der Waals surface area contributed by atoms with Gasteiger partial charge in [0.15, 0.2) is 16.9 Å². The third kappa shape index (κ3) is 6.87. The molecule has 7 nitrogen and oxygen atoms in total. The first-order chi connectivity index (χ1) is 12.6. The average molecular weight is 378 g/mol. The Labute approximate surface area is 158 Å². The molecule has 0 fully saturated rings. The summed E-state index contributed by atoms with van der Waals surface area (Å²) < 4.78 is 5.69. The smallest absolute Gasteiger partial charge is 0.217 e. The fourth-order valence-electron chi connectivity index (χ4n) is 2.33. The third-order valence-corrected chi connectivity index (χ3v) is 4.47. The summed E-state index contributed by atoms with van der Waals surface area (Å²) in [5.41, 5.74) is 6.63. The first-order valence-corrected chi connectivity index (χ1v) is 9.82. The van der Waals surface area contributed by atoms with Crippen LogP contribution in [0.4, 0.5) is 5.13 Å². The molecule has 2 aromatic heterocycles. The van der Waals surface area contributed by atoms with Crippen LogP contribution in [-0.4, -0.2) is 23.4 Å². The van der Waals surface area contributed by atoms with Crippen LogP contribution < -0.4 is 16.4 Å². The molecule has 0 aliphatic rings. The second-order valence-corrected chi connectivity index (χ2v) is 6.88. The summed E-state index contributed by atoms with van der Waals surface area (Å²) in [5, 5.41) is 8.28. The number of thiazole rings is 1. The minimum absolute atomic E-state index is 0.0942. The molecular formula is C18H27N5O2S. The van der Waals surface area contributed by atoms with Crippen molar-refractivity contribution in [1.82, 2.24) is 10.3 Å². The van der Waals surface area contributed by atoms with E-state index in [9.17, 15) is 4.79 Å². The van der Waals surface area contributed by atoms with Crippen molar-refractivity contribution in [3.63, 3.8) is 0 Å². The summed E-state index contributed by atoms with van der Waals surface area (Å²) in [6.45, 7) is 4.77. The number of anilines is 1. The van der Waals surface area contributed by atoms with Gasteiger partial charge < -0.3 is 20.8 Å². The van der Waals surface area contributed by atoms with Gasteiger partial charge in [-0.1, -0.05) is 32.6 Å². The lowest BCUT2D eigenvalue weighted by Crippen LogP contribution is -2.22. The Bertz CT molecular complexity index is 723. The number of carbonyl (C=O) groups is 1. The second kappa shape index (κ2) is 10.6. The predicted molar refractivity (Wildman–Crippen MR) is 106 cm³/mol. The van der Waals surface area contributed by atoms with Crippen LogP contribution in [0.1, 0.15) is 51.7 Å². The van der Waals surface area contributed by atoms with Gasteiger partial charge in [0.25, 0.3) is 0 Å². The topological polar surface area (TPSA) is 106 Å². The van der Waals surface area contributed by atoms with Crippen molar-refractivity contribution in [3.05, 3.63) is 23.3 Å². The summed E-state index contributed by atoms with van der Waals surface area (Å²) >= 11 is 1.44. The second-order valence-electron chi connectivity index (χ2n) is 6.02. The molecule has 0 saturated carbocycles. The maximum absolute atomic E-state index is 10.9. The van der Waals surface area contributed by atoms with E-state index in [2.05, 4.69) is 27.5 Å². The SMILES string of the molecule is CCCCCCCN=C(N)Nc1nc(-c2ccc(CNC(C)=O)o2)cs1. The van der Waals surface area contributed by atoms with E-state index < -0.39 is 0 Å². The minimum Gasteiger partial charge on any atom is -0.458 e. The Morgan fingerprint density at radius 3 is 2.88 bits per heavy atom. The van der Waals surface area contributed by atoms with Gasteiger partial charge in [-0.3, -0.25) is 9.79 Å². The van der Waals surface area contributed by atoms with Crippen molar-refractivity contribution in [1.29, 1.82) is 0 Å². The highest BCUT2D eigenvalue weighted by atomic mass is 32.1. The molecule has 2 aromatic rings. The Morgan fingerprint density at radius 2 is 2.12 bits per heavy atom. The van der Waals surface area contributed by atoms with Crippen molar-refractivity contribution >= 4 is 28.3 Å². The molecule has 0 atom stereocenters. The lowest BCUT2D eigenvalue weighted by molar-refractivity contribution is -0.119. The Hall–Kier alpha value is -2.35.